The maximum Gasteiger partial charge on any atom is 0.322 e. The Kier molecular flexibility index (Phi) is 4.69. The Morgan fingerprint density at radius 2 is 2.27 bits per heavy atom. The molecule has 1 aromatic heterocycles. The van der Waals surface area contributed by atoms with E-state index >= 15 is 0 Å². The lowest BCUT2D eigenvalue weighted by molar-refractivity contribution is 0.197. The molecule has 3 rings (SSSR count). The van der Waals surface area contributed by atoms with Crippen molar-refractivity contribution in [3.05, 3.63) is 52.0 Å². The highest BCUT2D eigenvalue weighted by Crippen LogP contribution is 2.32. The van der Waals surface area contributed by atoms with Gasteiger partial charge in [0.15, 0.2) is 0 Å². The molecule has 6 heteroatoms. The minimum atomic E-state index is -0.290. The molecule has 0 aliphatic carbocycles. The summed E-state index contributed by atoms with van der Waals surface area (Å²) in [6, 6.07) is 8.49. The van der Waals surface area contributed by atoms with E-state index in [9.17, 15) is 9.18 Å². The molecule has 0 saturated carbocycles. The molecule has 1 saturated heterocycles. The van der Waals surface area contributed by atoms with Gasteiger partial charge in [0.2, 0.25) is 0 Å². The third-order valence-electron chi connectivity index (χ3n) is 3.69. The average molecular weight is 336 g/mol. The SMILES string of the molecule is Cc1cc(F)ccc1NC(=O)N1CCSCC1c1cccs1. The Balaban J connectivity index is 1.77. The molecule has 1 atom stereocenters. The molecule has 0 radical (unpaired) electrons. The topological polar surface area (TPSA) is 32.3 Å². The Bertz CT molecular complexity index is 660. The van der Waals surface area contributed by atoms with Crippen LogP contribution in [-0.4, -0.2) is 29.0 Å². The number of anilines is 1. The summed E-state index contributed by atoms with van der Waals surface area (Å²) in [5.74, 6) is 1.56. The molecule has 116 valence electrons. The van der Waals surface area contributed by atoms with Crippen LogP contribution in [0, 0.1) is 12.7 Å². The molecule has 1 fully saturated rings. The number of halogens is 1. The van der Waals surface area contributed by atoms with Gasteiger partial charge in [-0.05, 0) is 42.1 Å². The van der Waals surface area contributed by atoms with Gasteiger partial charge in [0.25, 0.3) is 0 Å². The highest BCUT2D eigenvalue weighted by Gasteiger charge is 2.29. The van der Waals surface area contributed by atoms with Crippen molar-refractivity contribution < 1.29 is 9.18 Å². The summed E-state index contributed by atoms with van der Waals surface area (Å²) in [4.78, 5) is 15.7. The van der Waals surface area contributed by atoms with Crippen LogP contribution < -0.4 is 5.32 Å². The monoisotopic (exact) mass is 336 g/mol. The molecule has 0 bridgehead atoms. The van der Waals surface area contributed by atoms with Crippen LogP contribution in [0.15, 0.2) is 35.7 Å². The Morgan fingerprint density at radius 1 is 1.41 bits per heavy atom. The zero-order valence-electron chi connectivity index (χ0n) is 12.2. The summed E-state index contributed by atoms with van der Waals surface area (Å²) < 4.78 is 13.2. The van der Waals surface area contributed by atoms with Crippen LogP contribution in [0.2, 0.25) is 0 Å². The summed E-state index contributed by atoms with van der Waals surface area (Å²) >= 11 is 3.55. The van der Waals surface area contributed by atoms with Crippen LogP contribution in [0.1, 0.15) is 16.5 Å². The fourth-order valence-electron chi connectivity index (χ4n) is 2.52. The first kappa shape index (κ1) is 15.4. The minimum absolute atomic E-state index is 0.111. The first-order valence-electron chi connectivity index (χ1n) is 7.10. The number of rotatable bonds is 2. The number of carbonyl (C=O) groups is 1. The number of amides is 2. The minimum Gasteiger partial charge on any atom is -0.315 e. The maximum absolute atomic E-state index is 13.2. The second-order valence-electron chi connectivity index (χ2n) is 5.19. The molecule has 1 aliphatic rings. The van der Waals surface area contributed by atoms with Gasteiger partial charge in [0.05, 0.1) is 6.04 Å². The number of benzene rings is 1. The van der Waals surface area contributed by atoms with E-state index in [4.69, 9.17) is 0 Å². The summed E-state index contributed by atoms with van der Waals surface area (Å²) in [6.45, 7) is 2.51. The largest absolute Gasteiger partial charge is 0.322 e. The standard InChI is InChI=1S/C16H17FN2OS2/c1-11-9-12(17)4-5-13(11)18-16(20)19-6-8-21-10-14(19)15-3-2-7-22-15/h2-5,7,9,14H,6,8,10H2,1H3,(H,18,20). The van der Waals surface area contributed by atoms with E-state index in [0.29, 0.717) is 5.69 Å². The maximum atomic E-state index is 13.2. The highest BCUT2D eigenvalue weighted by molar-refractivity contribution is 7.99. The Hall–Kier alpha value is -1.53. The molecule has 22 heavy (non-hydrogen) atoms. The number of aryl methyl sites for hydroxylation is 1. The lowest BCUT2D eigenvalue weighted by atomic mass is 10.2. The fraction of sp³-hybridized carbons (Fsp3) is 0.312. The number of hydrogen-bond donors (Lipinski definition) is 1. The van der Waals surface area contributed by atoms with Gasteiger partial charge in [-0.15, -0.1) is 11.3 Å². The summed E-state index contributed by atoms with van der Waals surface area (Å²) in [7, 11) is 0. The van der Waals surface area contributed by atoms with Crippen LogP contribution >= 0.6 is 23.1 Å². The normalized spacial score (nSPS) is 18.3. The van der Waals surface area contributed by atoms with Crippen molar-refractivity contribution in [2.45, 2.75) is 13.0 Å². The number of nitrogens with zero attached hydrogens (tertiary/aromatic N) is 1. The first-order chi connectivity index (χ1) is 10.6. The van der Waals surface area contributed by atoms with Crippen molar-refractivity contribution in [1.29, 1.82) is 0 Å². The van der Waals surface area contributed by atoms with E-state index in [1.165, 1.54) is 17.0 Å². The summed E-state index contributed by atoms with van der Waals surface area (Å²) in [5, 5.41) is 4.95. The van der Waals surface area contributed by atoms with E-state index in [-0.39, 0.29) is 17.9 Å². The van der Waals surface area contributed by atoms with Gasteiger partial charge in [-0.3, -0.25) is 0 Å². The zero-order chi connectivity index (χ0) is 15.5. The van der Waals surface area contributed by atoms with Gasteiger partial charge in [-0.25, -0.2) is 9.18 Å². The molecule has 0 spiro atoms. The predicted octanol–water partition coefficient (Wildman–Crippen LogP) is 4.52. The number of carbonyl (C=O) groups excluding carboxylic acids is 1. The van der Waals surface area contributed by atoms with E-state index in [1.54, 1.807) is 24.3 Å². The van der Waals surface area contributed by atoms with Crippen molar-refractivity contribution in [1.82, 2.24) is 4.90 Å². The third kappa shape index (κ3) is 3.28. The van der Waals surface area contributed by atoms with Crippen LogP contribution in [-0.2, 0) is 0 Å². The van der Waals surface area contributed by atoms with Gasteiger partial charge < -0.3 is 10.2 Å². The van der Waals surface area contributed by atoms with Crippen molar-refractivity contribution in [3.63, 3.8) is 0 Å². The molecule has 1 unspecified atom stereocenters. The van der Waals surface area contributed by atoms with Gasteiger partial charge in [-0.1, -0.05) is 6.07 Å². The Morgan fingerprint density at radius 3 is 3.00 bits per heavy atom. The van der Waals surface area contributed by atoms with Crippen molar-refractivity contribution in [2.24, 2.45) is 0 Å². The van der Waals surface area contributed by atoms with Gasteiger partial charge in [0, 0.05) is 28.6 Å². The van der Waals surface area contributed by atoms with E-state index in [2.05, 4.69) is 11.4 Å². The smallest absolute Gasteiger partial charge is 0.315 e. The quantitative estimate of drug-likeness (QED) is 0.874. The van der Waals surface area contributed by atoms with E-state index in [0.717, 1.165) is 23.6 Å². The van der Waals surface area contributed by atoms with Crippen LogP contribution in [0.5, 0.6) is 0 Å². The fourth-order valence-corrected chi connectivity index (χ4v) is 4.54. The summed E-state index contributed by atoms with van der Waals surface area (Å²) in [5.41, 5.74) is 1.39. The van der Waals surface area contributed by atoms with Crippen molar-refractivity contribution in [2.75, 3.05) is 23.4 Å². The van der Waals surface area contributed by atoms with Crippen molar-refractivity contribution in [3.8, 4) is 0 Å². The average Bonchev–Trinajstić information content (AvgIpc) is 3.04. The predicted molar refractivity (Wildman–Crippen MR) is 91.2 cm³/mol. The lowest BCUT2D eigenvalue weighted by Gasteiger charge is -2.35. The van der Waals surface area contributed by atoms with Crippen LogP contribution in [0.25, 0.3) is 0 Å². The van der Waals surface area contributed by atoms with E-state index in [1.807, 2.05) is 28.1 Å². The number of nitrogens with one attached hydrogen (secondary N) is 1. The van der Waals surface area contributed by atoms with Crippen molar-refractivity contribution >= 4 is 34.8 Å². The number of hydrogen-bond acceptors (Lipinski definition) is 3. The molecule has 3 nitrogen and oxygen atoms in total. The number of thiophene rings is 1. The van der Waals surface area contributed by atoms with Crippen LogP contribution in [0.3, 0.4) is 0 Å². The third-order valence-corrected chi connectivity index (χ3v) is 5.69. The highest BCUT2D eigenvalue weighted by atomic mass is 32.2. The molecular weight excluding hydrogens is 319 g/mol. The van der Waals surface area contributed by atoms with E-state index < -0.39 is 0 Å². The molecule has 1 N–H and O–H groups in total. The first-order valence-corrected chi connectivity index (χ1v) is 9.13. The molecule has 1 aliphatic heterocycles. The molecule has 2 heterocycles. The summed E-state index contributed by atoms with van der Waals surface area (Å²) in [6.07, 6.45) is 0. The molecular formula is C16H17FN2OS2. The number of urea groups is 1. The van der Waals surface area contributed by atoms with Crippen LogP contribution in [0.4, 0.5) is 14.9 Å². The lowest BCUT2D eigenvalue weighted by Crippen LogP contribution is -2.43. The second-order valence-corrected chi connectivity index (χ2v) is 7.32. The zero-order valence-corrected chi connectivity index (χ0v) is 13.8. The van der Waals surface area contributed by atoms with Gasteiger partial charge >= 0.3 is 6.03 Å². The number of thioether (sulfide) groups is 1. The molecule has 2 aromatic rings. The van der Waals surface area contributed by atoms with Gasteiger partial charge in [-0.2, -0.15) is 11.8 Å². The second kappa shape index (κ2) is 6.71. The molecule has 1 aromatic carbocycles. The van der Waals surface area contributed by atoms with Gasteiger partial charge in [0.1, 0.15) is 5.82 Å². The Labute approximate surface area is 137 Å². The molecule has 2 amide bonds.